The first-order valence-corrected chi connectivity index (χ1v) is 11.1. The van der Waals surface area contributed by atoms with Gasteiger partial charge in [0, 0.05) is 10.7 Å². The fourth-order valence-corrected chi connectivity index (χ4v) is 3.98. The van der Waals surface area contributed by atoms with E-state index in [9.17, 15) is 10.1 Å². The molecule has 3 aromatic carbocycles. The number of anilines is 1. The van der Waals surface area contributed by atoms with Crippen LogP contribution in [0.4, 0.5) is 5.69 Å². The SMILES string of the molecule is COc1cc(/C=C(\C#N)C(=O)Nc2cccc(C)c2)cc(I)c1OCc1cccc(Cl)c1. The molecule has 5 nitrogen and oxygen atoms in total. The van der Waals surface area contributed by atoms with E-state index in [4.69, 9.17) is 21.1 Å². The van der Waals surface area contributed by atoms with Gasteiger partial charge in [0.25, 0.3) is 5.91 Å². The molecule has 3 aromatic rings. The highest BCUT2D eigenvalue weighted by Crippen LogP contribution is 2.35. The molecule has 0 aliphatic heterocycles. The molecule has 0 saturated carbocycles. The summed E-state index contributed by atoms with van der Waals surface area (Å²) in [6.45, 7) is 2.26. The Morgan fingerprint density at radius 2 is 1.97 bits per heavy atom. The molecule has 162 valence electrons. The highest BCUT2D eigenvalue weighted by Gasteiger charge is 2.14. The number of amides is 1. The molecule has 0 bridgehead atoms. The molecule has 1 amide bonds. The van der Waals surface area contributed by atoms with Gasteiger partial charge in [-0.3, -0.25) is 4.79 Å². The summed E-state index contributed by atoms with van der Waals surface area (Å²) in [5.41, 5.74) is 3.21. The zero-order chi connectivity index (χ0) is 23.1. The lowest BCUT2D eigenvalue weighted by Gasteiger charge is -2.14. The van der Waals surface area contributed by atoms with E-state index in [1.54, 1.807) is 25.3 Å². The van der Waals surface area contributed by atoms with Crippen molar-refractivity contribution in [2.45, 2.75) is 13.5 Å². The zero-order valence-electron chi connectivity index (χ0n) is 17.5. The van der Waals surface area contributed by atoms with Gasteiger partial charge in [-0.25, -0.2) is 0 Å². The lowest BCUT2D eigenvalue weighted by Crippen LogP contribution is -2.13. The lowest BCUT2D eigenvalue weighted by atomic mass is 10.1. The molecular formula is C25H20ClIN2O3. The topological polar surface area (TPSA) is 71.3 Å². The summed E-state index contributed by atoms with van der Waals surface area (Å²) in [4.78, 5) is 12.6. The van der Waals surface area contributed by atoms with Gasteiger partial charge in [-0.2, -0.15) is 5.26 Å². The number of carbonyl (C=O) groups excluding carboxylic acids is 1. The maximum absolute atomic E-state index is 12.6. The average molecular weight is 559 g/mol. The summed E-state index contributed by atoms with van der Waals surface area (Å²) in [5, 5.41) is 12.9. The molecule has 0 radical (unpaired) electrons. The van der Waals surface area contributed by atoms with Crippen molar-refractivity contribution in [1.82, 2.24) is 0 Å². The maximum atomic E-state index is 12.6. The van der Waals surface area contributed by atoms with Crippen LogP contribution in [-0.2, 0) is 11.4 Å². The van der Waals surface area contributed by atoms with Gasteiger partial charge in [0.2, 0.25) is 0 Å². The van der Waals surface area contributed by atoms with E-state index in [2.05, 4.69) is 27.9 Å². The third kappa shape index (κ3) is 6.25. The van der Waals surface area contributed by atoms with Crippen molar-refractivity contribution in [2.24, 2.45) is 0 Å². The zero-order valence-corrected chi connectivity index (χ0v) is 20.4. The molecule has 0 spiro atoms. The third-order valence-electron chi connectivity index (χ3n) is 4.48. The van der Waals surface area contributed by atoms with Crippen LogP contribution in [0, 0.1) is 21.8 Å². The Morgan fingerprint density at radius 3 is 2.66 bits per heavy atom. The van der Waals surface area contributed by atoms with E-state index < -0.39 is 5.91 Å². The number of nitriles is 1. The van der Waals surface area contributed by atoms with Crippen molar-refractivity contribution in [1.29, 1.82) is 5.26 Å². The normalized spacial score (nSPS) is 10.9. The minimum atomic E-state index is -0.478. The number of methoxy groups -OCH3 is 1. The van der Waals surface area contributed by atoms with Gasteiger partial charge in [-0.15, -0.1) is 0 Å². The Morgan fingerprint density at radius 1 is 1.19 bits per heavy atom. The number of halogens is 2. The second kappa shape index (κ2) is 11.0. The standard InChI is InChI=1S/C25H20ClIN2O3/c1-16-5-3-8-21(9-16)29-25(30)19(14-28)10-18-12-22(27)24(23(13-18)31-2)32-15-17-6-4-7-20(26)11-17/h3-13H,15H2,1-2H3,(H,29,30)/b19-10+. The van der Waals surface area contributed by atoms with Crippen LogP contribution in [0.2, 0.25) is 5.02 Å². The minimum absolute atomic E-state index is 0.0167. The Balaban J connectivity index is 1.82. The van der Waals surface area contributed by atoms with E-state index in [1.807, 2.05) is 55.5 Å². The lowest BCUT2D eigenvalue weighted by molar-refractivity contribution is -0.112. The van der Waals surface area contributed by atoms with Gasteiger partial charge in [-0.05, 0) is 88.7 Å². The predicted octanol–water partition coefficient (Wildman–Crippen LogP) is 6.39. The Kier molecular flexibility index (Phi) is 8.14. The van der Waals surface area contributed by atoms with Crippen LogP contribution in [0.1, 0.15) is 16.7 Å². The molecule has 0 atom stereocenters. The number of ether oxygens (including phenoxy) is 2. The molecule has 0 fully saturated rings. The third-order valence-corrected chi connectivity index (χ3v) is 5.51. The van der Waals surface area contributed by atoms with Crippen molar-refractivity contribution in [3.63, 3.8) is 0 Å². The molecule has 0 heterocycles. The summed E-state index contributed by atoms with van der Waals surface area (Å²) in [6.07, 6.45) is 1.52. The second-order valence-electron chi connectivity index (χ2n) is 6.95. The van der Waals surface area contributed by atoms with Gasteiger partial charge in [0.1, 0.15) is 18.2 Å². The highest BCUT2D eigenvalue weighted by molar-refractivity contribution is 14.1. The van der Waals surface area contributed by atoms with Gasteiger partial charge < -0.3 is 14.8 Å². The molecular weight excluding hydrogens is 539 g/mol. The second-order valence-corrected chi connectivity index (χ2v) is 8.54. The average Bonchev–Trinajstić information content (AvgIpc) is 2.76. The van der Waals surface area contributed by atoms with Crippen LogP contribution in [0.5, 0.6) is 11.5 Å². The molecule has 0 aromatic heterocycles. The molecule has 0 aliphatic rings. The molecule has 0 unspecified atom stereocenters. The number of hydrogen-bond acceptors (Lipinski definition) is 4. The largest absolute Gasteiger partial charge is 0.493 e. The number of aryl methyl sites for hydroxylation is 1. The molecule has 3 rings (SSSR count). The van der Waals surface area contributed by atoms with E-state index in [1.165, 1.54) is 6.08 Å². The smallest absolute Gasteiger partial charge is 0.266 e. The number of benzene rings is 3. The molecule has 0 aliphatic carbocycles. The van der Waals surface area contributed by atoms with E-state index >= 15 is 0 Å². The summed E-state index contributed by atoms with van der Waals surface area (Å²) >= 11 is 8.18. The van der Waals surface area contributed by atoms with Crippen LogP contribution in [0.25, 0.3) is 6.08 Å². The molecule has 0 saturated heterocycles. The predicted molar refractivity (Wildman–Crippen MR) is 135 cm³/mol. The van der Waals surface area contributed by atoms with Crippen molar-refractivity contribution >= 4 is 51.9 Å². The minimum Gasteiger partial charge on any atom is -0.493 e. The van der Waals surface area contributed by atoms with Crippen LogP contribution >= 0.6 is 34.2 Å². The quantitative estimate of drug-likeness (QED) is 0.207. The number of nitrogens with one attached hydrogen (secondary N) is 1. The highest BCUT2D eigenvalue weighted by atomic mass is 127. The Labute approximate surface area is 205 Å². The monoisotopic (exact) mass is 558 g/mol. The summed E-state index contributed by atoms with van der Waals surface area (Å²) in [7, 11) is 1.54. The van der Waals surface area contributed by atoms with Gasteiger partial charge in [0.05, 0.1) is 10.7 Å². The molecule has 1 N–H and O–H groups in total. The van der Waals surface area contributed by atoms with Gasteiger partial charge in [0.15, 0.2) is 11.5 Å². The first kappa shape index (κ1) is 23.6. The van der Waals surface area contributed by atoms with Crippen molar-refractivity contribution in [3.05, 3.63) is 91.5 Å². The first-order chi connectivity index (χ1) is 15.4. The van der Waals surface area contributed by atoms with Crippen LogP contribution in [0.3, 0.4) is 0 Å². The Bertz CT molecular complexity index is 1220. The summed E-state index contributed by atoms with van der Waals surface area (Å²) in [5.74, 6) is 0.600. The number of rotatable bonds is 7. The van der Waals surface area contributed by atoms with Crippen molar-refractivity contribution in [2.75, 3.05) is 12.4 Å². The van der Waals surface area contributed by atoms with Crippen LogP contribution in [0.15, 0.2) is 66.2 Å². The van der Waals surface area contributed by atoms with E-state index in [0.29, 0.717) is 34.4 Å². The van der Waals surface area contributed by atoms with Crippen LogP contribution < -0.4 is 14.8 Å². The fourth-order valence-electron chi connectivity index (χ4n) is 2.98. The maximum Gasteiger partial charge on any atom is 0.266 e. The van der Waals surface area contributed by atoms with Crippen molar-refractivity contribution in [3.8, 4) is 17.6 Å². The number of hydrogen-bond donors (Lipinski definition) is 1. The van der Waals surface area contributed by atoms with Crippen molar-refractivity contribution < 1.29 is 14.3 Å². The number of nitrogens with zero attached hydrogens (tertiary/aromatic N) is 1. The van der Waals surface area contributed by atoms with E-state index in [-0.39, 0.29) is 5.57 Å². The molecule has 32 heavy (non-hydrogen) atoms. The fraction of sp³-hybridized carbons (Fsp3) is 0.120. The first-order valence-electron chi connectivity index (χ1n) is 9.64. The summed E-state index contributed by atoms with van der Waals surface area (Å²) in [6, 6.07) is 20.3. The van der Waals surface area contributed by atoms with E-state index in [0.717, 1.165) is 14.7 Å². The Hall–Kier alpha value is -3.02. The summed E-state index contributed by atoms with van der Waals surface area (Å²) < 4.78 is 12.2. The van der Waals surface area contributed by atoms with Gasteiger partial charge >= 0.3 is 0 Å². The van der Waals surface area contributed by atoms with Gasteiger partial charge in [-0.1, -0.05) is 35.9 Å². The van der Waals surface area contributed by atoms with Crippen LogP contribution in [-0.4, -0.2) is 13.0 Å². The molecule has 7 heteroatoms. The number of carbonyl (C=O) groups is 1.